The lowest BCUT2D eigenvalue weighted by atomic mass is 9.86. The maximum Gasteiger partial charge on any atom is 0.161 e. The molecule has 2 aliphatic rings. The first-order chi connectivity index (χ1) is 9.80. The number of benzene rings is 1. The molecule has 1 N–H and O–H groups in total. The lowest BCUT2D eigenvalue weighted by Gasteiger charge is -2.25. The monoisotopic (exact) mass is 311 g/mol. The van der Waals surface area contributed by atoms with Crippen LogP contribution < -0.4 is 14.8 Å². The van der Waals surface area contributed by atoms with Crippen LogP contribution in [0.2, 0.25) is 0 Å². The average molecular weight is 312 g/mol. The first kappa shape index (κ1) is 16.4. The van der Waals surface area contributed by atoms with Gasteiger partial charge in [0.05, 0.1) is 14.2 Å². The van der Waals surface area contributed by atoms with Crippen LogP contribution in [0.1, 0.15) is 30.4 Å². The fraction of sp³-hybridized carbons (Fsp3) is 0.647. The van der Waals surface area contributed by atoms with Crippen molar-refractivity contribution in [2.45, 2.75) is 32.1 Å². The minimum Gasteiger partial charge on any atom is -0.493 e. The van der Waals surface area contributed by atoms with Gasteiger partial charge in [-0.05, 0) is 80.3 Å². The van der Waals surface area contributed by atoms with Gasteiger partial charge in [-0.1, -0.05) is 0 Å². The summed E-state index contributed by atoms with van der Waals surface area (Å²) in [7, 11) is 3.43. The molecule has 1 aromatic carbocycles. The molecule has 1 aliphatic carbocycles. The Morgan fingerprint density at radius 3 is 1.95 bits per heavy atom. The second-order valence-electron chi connectivity index (χ2n) is 6.18. The van der Waals surface area contributed by atoms with Crippen molar-refractivity contribution in [3.8, 4) is 11.5 Å². The standard InChI is InChI=1S/C17H25NO2.ClH/c1-19-16-10-14-8-13(7-12-3-5-18-6-4-12)9-15(14)11-17(16)20-2;/h10-13,18H,3-9H2,1-2H3;1H. The number of rotatable bonds is 4. The fourth-order valence-electron chi connectivity index (χ4n) is 3.79. The van der Waals surface area contributed by atoms with Gasteiger partial charge in [0.15, 0.2) is 11.5 Å². The first-order valence-electron chi connectivity index (χ1n) is 7.74. The molecule has 0 spiro atoms. The lowest BCUT2D eigenvalue weighted by Crippen LogP contribution is -2.28. The van der Waals surface area contributed by atoms with E-state index in [0.29, 0.717) is 0 Å². The van der Waals surface area contributed by atoms with Crippen molar-refractivity contribution in [3.63, 3.8) is 0 Å². The van der Waals surface area contributed by atoms with E-state index in [2.05, 4.69) is 17.4 Å². The molecule has 0 radical (unpaired) electrons. The third kappa shape index (κ3) is 3.64. The summed E-state index contributed by atoms with van der Waals surface area (Å²) in [5, 5.41) is 3.45. The van der Waals surface area contributed by atoms with Crippen molar-refractivity contribution < 1.29 is 9.47 Å². The zero-order valence-corrected chi connectivity index (χ0v) is 13.8. The molecule has 0 saturated carbocycles. The van der Waals surface area contributed by atoms with Gasteiger partial charge < -0.3 is 14.8 Å². The van der Waals surface area contributed by atoms with Crippen LogP contribution in [0, 0.1) is 11.8 Å². The van der Waals surface area contributed by atoms with Gasteiger partial charge in [0.25, 0.3) is 0 Å². The van der Waals surface area contributed by atoms with Crippen molar-refractivity contribution in [1.29, 1.82) is 0 Å². The molecule has 1 aliphatic heterocycles. The highest BCUT2D eigenvalue weighted by molar-refractivity contribution is 5.85. The van der Waals surface area contributed by atoms with E-state index in [9.17, 15) is 0 Å². The van der Waals surface area contributed by atoms with E-state index in [1.54, 1.807) is 14.2 Å². The summed E-state index contributed by atoms with van der Waals surface area (Å²) in [5.74, 6) is 3.46. The van der Waals surface area contributed by atoms with Gasteiger partial charge in [-0.2, -0.15) is 0 Å². The Morgan fingerprint density at radius 1 is 0.952 bits per heavy atom. The molecule has 1 saturated heterocycles. The molecule has 3 nitrogen and oxygen atoms in total. The Labute approximate surface area is 133 Å². The summed E-state index contributed by atoms with van der Waals surface area (Å²) < 4.78 is 10.8. The van der Waals surface area contributed by atoms with Crippen LogP contribution in [-0.4, -0.2) is 27.3 Å². The number of nitrogens with one attached hydrogen (secondary N) is 1. The minimum absolute atomic E-state index is 0. The van der Waals surface area contributed by atoms with Gasteiger partial charge in [-0.3, -0.25) is 0 Å². The number of ether oxygens (including phenoxy) is 2. The normalized spacial score (nSPS) is 19.0. The molecule has 1 heterocycles. The van der Waals surface area contributed by atoms with Crippen molar-refractivity contribution in [3.05, 3.63) is 23.3 Å². The van der Waals surface area contributed by atoms with E-state index >= 15 is 0 Å². The maximum absolute atomic E-state index is 5.41. The Kier molecular flexibility index (Phi) is 5.77. The average Bonchev–Trinajstić information content (AvgIpc) is 2.87. The third-order valence-corrected chi connectivity index (χ3v) is 4.85. The molecule has 0 unspecified atom stereocenters. The molecule has 4 heteroatoms. The van der Waals surface area contributed by atoms with Crippen molar-refractivity contribution in [1.82, 2.24) is 5.32 Å². The Bertz CT molecular complexity index is 439. The molecule has 0 amide bonds. The highest BCUT2D eigenvalue weighted by Gasteiger charge is 2.26. The number of hydrogen-bond donors (Lipinski definition) is 1. The lowest BCUT2D eigenvalue weighted by molar-refractivity contribution is 0.303. The molecule has 21 heavy (non-hydrogen) atoms. The van der Waals surface area contributed by atoms with Crippen LogP contribution in [0.5, 0.6) is 11.5 Å². The Morgan fingerprint density at radius 2 is 1.48 bits per heavy atom. The number of halogens is 1. The van der Waals surface area contributed by atoms with Gasteiger partial charge in [0, 0.05) is 0 Å². The van der Waals surface area contributed by atoms with Gasteiger partial charge in [0.2, 0.25) is 0 Å². The van der Waals surface area contributed by atoms with Gasteiger partial charge >= 0.3 is 0 Å². The highest BCUT2D eigenvalue weighted by atomic mass is 35.5. The third-order valence-electron chi connectivity index (χ3n) is 4.85. The van der Waals surface area contributed by atoms with Crippen LogP contribution in [0.25, 0.3) is 0 Å². The van der Waals surface area contributed by atoms with E-state index in [0.717, 1.165) is 23.3 Å². The fourth-order valence-corrected chi connectivity index (χ4v) is 3.79. The minimum atomic E-state index is 0. The largest absolute Gasteiger partial charge is 0.493 e. The van der Waals surface area contributed by atoms with Crippen LogP contribution in [0.15, 0.2) is 12.1 Å². The Hall–Kier alpha value is -0.930. The van der Waals surface area contributed by atoms with Crippen LogP contribution in [0.4, 0.5) is 0 Å². The quantitative estimate of drug-likeness (QED) is 0.926. The molecular formula is C17H26ClNO2. The summed E-state index contributed by atoms with van der Waals surface area (Å²) in [5.41, 5.74) is 2.92. The van der Waals surface area contributed by atoms with Crippen LogP contribution in [0.3, 0.4) is 0 Å². The van der Waals surface area contributed by atoms with E-state index < -0.39 is 0 Å². The van der Waals surface area contributed by atoms with Gasteiger partial charge in [-0.15, -0.1) is 12.4 Å². The predicted octanol–water partition coefficient (Wildman–Crippen LogP) is 3.23. The second kappa shape index (κ2) is 7.37. The maximum atomic E-state index is 5.41. The first-order valence-corrected chi connectivity index (χ1v) is 7.74. The SMILES string of the molecule is COc1cc2c(cc1OC)CC(CC1CCNCC1)C2.Cl. The van der Waals surface area contributed by atoms with E-state index in [-0.39, 0.29) is 12.4 Å². The zero-order valence-electron chi connectivity index (χ0n) is 13.0. The zero-order chi connectivity index (χ0) is 13.9. The Balaban J connectivity index is 0.00000161. The topological polar surface area (TPSA) is 30.5 Å². The predicted molar refractivity (Wildman–Crippen MR) is 87.9 cm³/mol. The van der Waals surface area contributed by atoms with Crippen molar-refractivity contribution in [2.24, 2.45) is 11.8 Å². The second-order valence-corrected chi connectivity index (χ2v) is 6.18. The molecule has 0 bridgehead atoms. The molecule has 0 atom stereocenters. The van der Waals surface area contributed by atoms with Crippen molar-refractivity contribution >= 4 is 12.4 Å². The summed E-state index contributed by atoms with van der Waals surface area (Å²) in [6.45, 7) is 2.40. The molecule has 3 rings (SSSR count). The number of methoxy groups -OCH3 is 2. The molecule has 0 aromatic heterocycles. The number of piperidine rings is 1. The molecular weight excluding hydrogens is 286 g/mol. The van der Waals surface area contributed by atoms with Gasteiger partial charge in [0.1, 0.15) is 0 Å². The van der Waals surface area contributed by atoms with E-state index in [1.165, 1.54) is 56.3 Å². The highest BCUT2D eigenvalue weighted by Crippen LogP contribution is 2.39. The number of fused-ring (bicyclic) bond motifs is 1. The van der Waals surface area contributed by atoms with Crippen LogP contribution >= 0.6 is 12.4 Å². The number of hydrogen-bond acceptors (Lipinski definition) is 3. The summed E-state index contributed by atoms with van der Waals surface area (Å²) in [6.07, 6.45) is 6.49. The molecule has 118 valence electrons. The van der Waals surface area contributed by atoms with Crippen molar-refractivity contribution in [2.75, 3.05) is 27.3 Å². The summed E-state index contributed by atoms with van der Waals surface area (Å²) in [6, 6.07) is 4.35. The smallest absolute Gasteiger partial charge is 0.161 e. The van der Waals surface area contributed by atoms with Gasteiger partial charge in [-0.25, -0.2) is 0 Å². The summed E-state index contributed by atoms with van der Waals surface area (Å²) >= 11 is 0. The van der Waals surface area contributed by atoms with E-state index in [1.807, 2.05) is 0 Å². The molecule has 1 aromatic rings. The summed E-state index contributed by atoms with van der Waals surface area (Å²) in [4.78, 5) is 0. The molecule has 1 fully saturated rings. The van der Waals surface area contributed by atoms with E-state index in [4.69, 9.17) is 9.47 Å². The van der Waals surface area contributed by atoms with Crippen LogP contribution in [-0.2, 0) is 12.8 Å².